The van der Waals surface area contributed by atoms with E-state index < -0.39 is 0 Å². The summed E-state index contributed by atoms with van der Waals surface area (Å²) in [4.78, 5) is 2.18. The third-order valence-corrected chi connectivity index (χ3v) is 3.94. The molecule has 4 nitrogen and oxygen atoms in total. The van der Waals surface area contributed by atoms with Crippen LogP contribution in [0, 0.1) is 5.82 Å². The lowest BCUT2D eigenvalue weighted by atomic mass is 10.1. The summed E-state index contributed by atoms with van der Waals surface area (Å²) >= 11 is 0. The van der Waals surface area contributed by atoms with Gasteiger partial charge in [0.2, 0.25) is 0 Å². The highest BCUT2D eigenvalue weighted by molar-refractivity contribution is 5.59. The Morgan fingerprint density at radius 1 is 1.18 bits per heavy atom. The van der Waals surface area contributed by atoms with Gasteiger partial charge in [0, 0.05) is 25.3 Å². The van der Waals surface area contributed by atoms with Crippen LogP contribution < -0.4 is 4.90 Å². The van der Waals surface area contributed by atoms with E-state index in [0.29, 0.717) is 6.10 Å². The van der Waals surface area contributed by atoms with Crippen LogP contribution in [0.2, 0.25) is 0 Å². The fraction of sp³-hybridized carbons (Fsp3) is 0.412. The number of hydrogen-bond acceptors (Lipinski definition) is 4. The van der Waals surface area contributed by atoms with Crippen LogP contribution in [0.15, 0.2) is 36.4 Å². The van der Waals surface area contributed by atoms with E-state index in [1.54, 1.807) is 12.1 Å². The molecular formula is C17H20FN3O. The average Bonchev–Trinajstić information content (AvgIpc) is 3.07. The van der Waals surface area contributed by atoms with Crippen LogP contribution in [0.25, 0.3) is 11.3 Å². The summed E-state index contributed by atoms with van der Waals surface area (Å²) in [6, 6.07) is 10.2. The lowest BCUT2D eigenvalue weighted by Crippen LogP contribution is -2.32. The summed E-state index contributed by atoms with van der Waals surface area (Å²) in [5, 5.41) is 8.58. The Kier molecular flexibility index (Phi) is 4.63. The molecule has 0 bridgehead atoms. The van der Waals surface area contributed by atoms with Gasteiger partial charge in [0.05, 0.1) is 11.8 Å². The molecule has 22 heavy (non-hydrogen) atoms. The number of anilines is 1. The molecule has 1 aromatic heterocycles. The van der Waals surface area contributed by atoms with Crippen LogP contribution in [-0.4, -0.2) is 36.0 Å². The number of halogens is 1. The van der Waals surface area contributed by atoms with Gasteiger partial charge >= 0.3 is 0 Å². The van der Waals surface area contributed by atoms with Crippen molar-refractivity contribution in [1.29, 1.82) is 0 Å². The zero-order chi connectivity index (χ0) is 15.4. The Labute approximate surface area is 129 Å². The molecule has 1 aliphatic heterocycles. The third-order valence-electron chi connectivity index (χ3n) is 3.94. The second kappa shape index (κ2) is 6.83. The molecule has 0 N–H and O–H groups in total. The van der Waals surface area contributed by atoms with E-state index in [1.165, 1.54) is 12.1 Å². The molecule has 5 heteroatoms. The SMILES string of the molecule is CCN(CC1CCCO1)c1ccc(-c2ccc(F)cc2)nn1. The molecule has 2 aromatic rings. The van der Waals surface area contributed by atoms with Gasteiger partial charge in [0.25, 0.3) is 0 Å². The Bertz CT molecular complexity index is 594. The van der Waals surface area contributed by atoms with Gasteiger partial charge in [-0.05, 0) is 56.2 Å². The number of hydrogen-bond donors (Lipinski definition) is 0. The van der Waals surface area contributed by atoms with E-state index in [-0.39, 0.29) is 5.82 Å². The molecule has 1 unspecified atom stereocenters. The number of nitrogens with zero attached hydrogens (tertiary/aromatic N) is 3. The topological polar surface area (TPSA) is 38.2 Å². The second-order valence-corrected chi connectivity index (χ2v) is 5.46. The molecule has 1 aliphatic rings. The summed E-state index contributed by atoms with van der Waals surface area (Å²) in [7, 11) is 0. The number of ether oxygens (including phenoxy) is 1. The molecule has 0 radical (unpaired) electrons. The lowest BCUT2D eigenvalue weighted by molar-refractivity contribution is 0.115. The largest absolute Gasteiger partial charge is 0.376 e. The molecule has 1 saturated heterocycles. The number of likely N-dealkylation sites (N-methyl/N-ethyl adjacent to an activating group) is 1. The quantitative estimate of drug-likeness (QED) is 0.849. The first-order valence-electron chi connectivity index (χ1n) is 7.72. The predicted octanol–water partition coefficient (Wildman–Crippen LogP) is 3.29. The molecule has 116 valence electrons. The summed E-state index contributed by atoms with van der Waals surface area (Å²) in [5.41, 5.74) is 1.61. The van der Waals surface area contributed by atoms with Crippen molar-refractivity contribution in [3.8, 4) is 11.3 Å². The molecule has 1 fully saturated rings. The highest BCUT2D eigenvalue weighted by atomic mass is 19.1. The van der Waals surface area contributed by atoms with Crippen LogP contribution in [-0.2, 0) is 4.74 Å². The lowest BCUT2D eigenvalue weighted by Gasteiger charge is -2.24. The normalized spacial score (nSPS) is 17.6. The van der Waals surface area contributed by atoms with Crippen LogP contribution in [0.5, 0.6) is 0 Å². The molecule has 1 atom stereocenters. The van der Waals surface area contributed by atoms with Crippen molar-refractivity contribution in [2.24, 2.45) is 0 Å². The highest BCUT2D eigenvalue weighted by Gasteiger charge is 2.19. The summed E-state index contributed by atoms with van der Waals surface area (Å²) in [5.74, 6) is 0.603. The van der Waals surface area contributed by atoms with Gasteiger partial charge in [0.1, 0.15) is 5.82 Å². The smallest absolute Gasteiger partial charge is 0.151 e. The van der Waals surface area contributed by atoms with Crippen molar-refractivity contribution in [1.82, 2.24) is 10.2 Å². The van der Waals surface area contributed by atoms with Gasteiger partial charge in [0.15, 0.2) is 5.82 Å². The van der Waals surface area contributed by atoms with Crippen LogP contribution in [0.3, 0.4) is 0 Å². The van der Waals surface area contributed by atoms with E-state index in [0.717, 1.165) is 49.6 Å². The Balaban J connectivity index is 1.72. The fourth-order valence-corrected chi connectivity index (χ4v) is 2.69. The number of aromatic nitrogens is 2. The number of benzene rings is 1. The van der Waals surface area contributed by atoms with Gasteiger partial charge in [-0.15, -0.1) is 10.2 Å². The number of rotatable bonds is 5. The van der Waals surface area contributed by atoms with Crippen molar-refractivity contribution in [2.75, 3.05) is 24.6 Å². The van der Waals surface area contributed by atoms with E-state index in [9.17, 15) is 4.39 Å². The zero-order valence-electron chi connectivity index (χ0n) is 12.7. The molecule has 0 saturated carbocycles. The minimum atomic E-state index is -0.248. The first-order chi connectivity index (χ1) is 10.8. The van der Waals surface area contributed by atoms with E-state index >= 15 is 0 Å². The summed E-state index contributed by atoms with van der Waals surface area (Å²) < 4.78 is 18.6. The Morgan fingerprint density at radius 2 is 2.00 bits per heavy atom. The van der Waals surface area contributed by atoms with E-state index in [2.05, 4.69) is 22.0 Å². The maximum atomic E-state index is 13.0. The van der Waals surface area contributed by atoms with Gasteiger partial charge in [-0.3, -0.25) is 0 Å². The minimum absolute atomic E-state index is 0.248. The van der Waals surface area contributed by atoms with Crippen molar-refractivity contribution < 1.29 is 9.13 Å². The van der Waals surface area contributed by atoms with E-state index in [4.69, 9.17) is 4.74 Å². The van der Waals surface area contributed by atoms with Crippen molar-refractivity contribution in [2.45, 2.75) is 25.9 Å². The van der Waals surface area contributed by atoms with Gasteiger partial charge < -0.3 is 9.64 Å². The van der Waals surface area contributed by atoms with Gasteiger partial charge in [-0.1, -0.05) is 0 Å². The van der Waals surface area contributed by atoms with Crippen LogP contribution in [0.4, 0.5) is 10.2 Å². The predicted molar refractivity (Wildman–Crippen MR) is 84.3 cm³/mol. The van der Waals surface area contributed by atoms with Crippen LogP contribution in [0.1, 0.15) is 19.8 Å². The molecule has 3 rings (SSSR count). The Hall–Kier alpha value is -2.01. The molecule has 0 spiro atoms. The van der Waals surface area contributed by atoms with Gasteiger partial charge in [-0.2, -0.15) is 0 Å². The third kappa shape index (κ3) is 3.42. The maximum Gasteiger partial charge on any atom is 0.151 e. The maximum absolute atomic E-state index is 13.0. The standard InChI is InChI=1S/C17H20FN3O/c1-2-21(12-15-4-3-11-22-15)17-10-9-16(19-20-17)13-5-7-14(18)8-6-13/h5-10,15H,2-4,11-12H2,1H3. The monoisotopic (exact) mass is 301 g/mol. The molecule has 2 heterocycles. The first-order valence-corrected chi connectivity index (χ1v) is 7.72. The van der Waals surface area contributed by atoms with Crippen molar-refractivity contribution >= 4 is 5.82 Å². The van der Waals surface area contributed by atoms with E-state index in [1.807, 2.05) is 12.1 Å². The molecular weight excluding hydrogens is 281 g/mol. The summed E-state index contributed by atoms with van der Waals surface area (Å²) in [6.07, 6.45) is 2.54. The minimum Gasteiger partial charge on any atom is -0.376 e. The zero-order valence-corrected chi connectivity index (χ0v) is 12.7. The summed E-state index contributed by atoms with van der Waals surface area (Å²) in [6.45, 7) is 4.67. The van der Waals surface area contributed by atoms with Crippen LogP contribution >= 0.6 is 0 Å². The molecule has 0 aliphatic carbocycles. The average molecular weight is 301 g/mol. The van der Waals surface area contributed by atoms with Crippen molar-refractivity contribution in [3.05, 3.63) is 42.2 Å². The second-order valence-electron chi connectivity index (χ2n) is 5.46. The molecule has 0 amide bonds. The molecule has 1 aromatic carbocycles. The Morgan fingerprint density at radius 3 is 2.59 bits per heavy atom. The fourth-order valence-electron chi connectivity index (χ4n) is 2.69. The van der Waals surface area contributed by atoms with Gasteiger partial charge in [-0.25, -0.2) is 4.39 Å². The highest BCUT2D eigenvalue weighted by Crippen LogP contribution is 2.20. The first kappa shape index (κ1) is 14.9. The van der Waals surface area contributed by atoms with Crippen molar-refractivity contribution in [3.63, 3.8) is 0 Å².